The molecular weight excluding hydrogens is 336 g/mol. The summed E-state index contributed by atoms with van der Waals surface area (Å²) in [7, 11) is 0. The molecule has 1 heterocycles. The van der Waals surface area contributed by atoms with Gasteiger partial charge in [0.15, 0.2) is 6.10 Å². The van der Waals surface area contributed by atoms with Gasteiger partial charge in [-0.2, -0.15) is 0 Å². The largest absolute Gasteiger partial charge is 0.389 e. The van der Waals surface area contributed by atoms with E-state index >= 15 is 0 Å². The van der Waals surface area contributed by atoms with E-state index < -0.39 is 11.0 Å². The Morgan fingerprint density at radius 1 is 1.04 bits per heavy atom. The van der Waals surface area contributed by atoms with Crippen LogP contribution in [0, 0.1) is 5.41 Å². The second-order valence-corrected chi connectivity index (χ2v) is 8.39. The number of nitrogens with zero attached hydrogens (tertiary/aromatic N) is 1. The number of oxime groups is 1. The van der Waals surface area contributed by atoms with E-state index in [0.717, 1.165) is 17.7 Å². The smallest absolute Gasteiger partial charge is 0.226 e. The Hall–Kier alpha value is -2.62. The minimum absolute atomic E-state index is 0.00559. The highest BCUT2D eigenvalue weighted by Gasteiger charge is 2.44. The van der Waals surface area contributed by atoms with Crippen LogP contribution in [0.25, 0.3) is 0 Å². The van der Waals surface area contributed by atoms with Crippen LogP contribution in [0.4, 0.5) is 0 Å². The van der Waals surface area contributed by atoms with Crippen LogP contribution in [0.15, 0.2) is 65.8 Å². The van der Waals surface area contributed by atoms with Crippen molar-refractivity contribution in [1.29, 1.82) is 0 Å². The summed E-state index contributed by atoms with van der Waals surface area (Å²) in [5.74, 6) is -0.00559. The molecule has 0 bridgehead atoms. The Balaban J connectivity index is 1.81. The first kappa shape index (κ1) is 19.2. The zero-order chi connectivity index (χ0) is 19.5. The maximum absolute atomic E-state index is 12.8. The summed E-state index contributed by atoms with van der Waals surface area (Å²) in [5.41, 5.74) is 2.08. The van der Waals surface area contributed by atoms with Gasteiger partial charge in [-0.15, -0.1) is 0 Å². The molecule has 0 aromatic heterocycles. The van der Waals surface area contributed by atoms with E-state index in [4.69, 9.17) is 4.84 Å². The van der Waals surface area contributed by atoms with E-state index in [1.165, 1.54) is 5.56 Å². The Bertz CT molecular complexity index is 809. The first-order valence-electron chi connectivity index (χ1n) is 9.42. The molecule has 2 atom stereocenters. The van der Waals surface area contributed by atoms with Gasteiger partial charge in [0.25, 0.3) is 0 Å². The summed E-state index contributed by atoms with van der Waals surface area (Å²) in [6.45, 7) is 7.78. The summed E-state index contributed by atoms with van der Waals surface area (Å²) < 4.78 is 0. The molecule has 1 aliphatic heterocycles. The van der Waals surface area contributed by atoms with Crippen molar-refractivity contribution in [3.8, 4) is 0 Å². The van der Waals surface area contributed by atoms with Crippen LogP contribution >= 0.6 is 0 Å². The molecule has 2 aromatic rings. The van der Waals surface area contributed by atoms with Crippen molar-refractivity contribution in [2.75, 3.05) is 0 Å². The lowest BCUT2D eigenvalue weighted by atomic mass is 9.82. The molecule has 142 valence electrons. The molecule has 1 amide bonds. The van der Waals surface area contributed by atoms with Gasteiger partial charge in [-0.1, -0.05) is 86.6 Å². The number of carbonyl (C=O) groups is 1. The molecule has 0 aliphatic carbocycles. The molecule has 3 rings (SSSR count). The fraction of sp³-hybridized carbons (Fsp3) is 0.391. The zero-order valence-electron chi connectivity index (χ0n) is 16.5. The highest BCUT2D eigenvalue weighted by Crippen LogP contribution is 2.34. The van der Waals surface area contributed by atoms with E-state index in [9.17, 15) is 4.79 Å². The van der Waals surface area contributed by atoms with Gasteiger partial charge in [-0.25, -0.2) is 0 Å². The van der Waals surface area contributed by atoms with Crippen LogP contribution in [0.3, 0.4) is 0 Å². The quantitative estimate of drug-likeness (QED) is 0.852. The Morgan fingerprint density at radius 3 is 2.22 bits per heavy atom. The second kappa shape index (κ2) is 7.55. The topological polar surface area (TPSA) is 50.7 Å². The van der Waals surface area contributed by atoms with Crippen molar-refractivity contribution in [1.82, 2.24) is 5.32 Å². The summed E-state index contributed by atoms with van der Waals surface area (Å²) >= 11 is 0. The molecule has 2 aromatic carbocycles. The van der Waals surface area contributed by atoms with Crippen molar-refractivity contribution < 1.29 is 9.63 Å². The molecule has 2 unspecified atom stereocenters. The van der Waals surface area contributed by atoms with Gasteiger partial charge in [0.1, 0.15) is 5.54 Å². The predicted octanol–water partition coefficient (Wildman–Crippen LogP) is 4.45. The lowest BCUT2D eigenvalue weighted by Crippen LogP contribution is -2.54. The van der Waals surface area contributed by atoms with Crippen LogP contribution in [-0.4, -0.2) is 17.7 Å². The van der Waals surface area contributed by atoms with Gasteiger partial charge < -0.3 is 10.2 Å². The standard InChI is InChI=1S/C23H28N2O2/c1-22(2,3)21(26)24-23(4,18-13-9-6-10-14-18)20-16-19(25-27-20)15-17-11-7-5-8-12-17/h5-14,20H,15-16H2,1-4H3,(H,24,26). The van der Waals surface area contributed by atoms with Crippen LogP contribution in [0.1, 0.15) is 45.2 Å². The number of carbonyl (C=O) groups excluding carboxylic acids is 1. The molecule has 4 nitrogen and oxygen atoms in total. The molecule has 1 N–H and O–H groups in total. The predicted molar refractivity (Wildman–Crippen MR) is 108 cm³/mol. The van der Waals surface area contributed by atoms with Crippen molar-refractivity contribution in [2.24, 2.45) is 10.6 Å². The van der Waals surface area contributed by atoms with E-state index in [0.29, 0.717) is 6.42 Å². The van der Waals surface area contributed by atoms with Crippen molar-refractivity contribution in [3.05, 3.63) is 71.8 Å². The average molecular weight is 364 g/mol. The van der Waals surface area contributed by atoms with Gasteiger partial charge in [-0.3, -0.25) is 4.79 Å². The van der Waals surface area contributed by atoms with Crippen molar-refractivity contribution >= 4 is 11.6 Å². The Labute approximate surface area is 161 Å². The van der Waals surface area contributed by atoms with Gasteiger partial charge in [0.05, 0.1) is 5.71 Å². The molecular formula is C23H28N2O2. The molecule has 0 spiro atoms. The van der Waals surface area contributed by atoms with Gasteiger partial charge in [-0.05, 0) is 18.1 Å². The fourth-order valence-corrected chi connectivity index (χ4v) is 3.22. The van der Waals surface area contributed by atoms with E-state index in [1.54, 1.807) is 0 Å². The summed E-state index contributed by atoms with van der Waals surface area (Å²) in [4.78, 5) is 18.6. The number of benzene rings is 2. The average Bonchev–Trinajstić information content (AvgIpc) is 3.11. The summed E-state index contributed by atoms with van der Waals surface area (Å²) in [6.07, 6.45) is 1.20. The summed E-state index contributed by atoms with van der Waals surface area (Å²) in [6, 6.07) is 20.2. The van der Waals surface area contributed by atoms with E-state index in [2.05, 4.69) is 22.6 Å². The molecule has 0 radical (unpaired) electrons. The van der Waals surface area contributed by atoms with Crippen LogP contribution in [0.5, 0.6) is 0 Å². The lowest BCUT2D eigenvalue weighted by Gasteiger charge is -2.37. The van der Waals surface area contributed by atoms with Crippen molar-refractivity contribution in [3.63, 3.8) is 0 Å². The van der Waals surface area contributed by atoms with E-state index in [1.807, 2.05) is 76.2 Å². The SMILES string of the molecule is CC(C)(C)C(=O)NC(C)(c1ccccc1)C1CC(Cc2ccccc2)=NO1. The molecule has 0 saturated carbocycles. The second-order valence-electron chi connectivity index (χ2n) is 8.39. The zero-order valence-corrected chi connectivity index (χ0v) is 16.5. The molecule has 1 aliphatic rings. The first-order valence-corrected chi connectivity index (χ1v) is 9.42. The van der Waals surface area contributed by atoms with Crippen LogP contribution in [0.2, 0.25) is 0 Å². The monoisotopic (exact) mass is 364 g/mol. The molecule has 0 fully saturated rings. The van der Waals surface area contributed by atoms with Crippen LogP contribution < -0.4 is 5.32 Å². The third-order valence-electron chi connectivity index (χ3n) is 5.05. The third kappa shape index (κ3) is 4.38. The number of nitrogens with one attached hydrogen (secondary N) is 1. The lowest BCUT2D eigenvalue weighted by molar-refractivity contribution is -0.132. The minimum Gasteiger partial charge on any atom is -0.389 e. The third-order valence-corrected chi connectivity index (χ3v) is 5.05. The van der Waals surface area contributed by atoms with Gasteiger partial charge in [0, 0.05) is 18.3 Å². The number of hydrogen-bond donors (Lipinski definition) is 1. The minimum atomic E-state index is -0.659. The number of amides is 1. The maximum Gasteiger partial charge on any atom is 0.226 e. The normalized spacial score (nSPS) is 19.0. The van der Waals surface area contributed by atoms with Gasteiger partial charge in [0.2, 0.25) is 5.91 Å². The van der Waals surface area contributed by atoms with E-state index in [-0.39, 0.29) is 12.0 Å². The Kier molecular flexibility index (Phi) is 5.36. The number of hydrogen-bond acceptors (Lipinski definition) is 3. The number of rotatable bonds is 5. The fourth-order valence-electron chi connectivity index (χ4n) is 3.22. The van der Waals surface area contributed by atoms with Crippen LogP contribution in [-0.2, 0) is 21.6 Å². The first-order chi connectivity index (χ1) is 12.8. The van der Waals surface area contributed by atoms with Crippen molar-refractivity contribution in [2.45, 2.75) is 52.2 Å². The highest BCUT2D eigenvalue weighted by atomic mass is 16.6. The highest BCUT2D eigenvalue weighted by molar-refractivity contribution is 5.88. The maximum atomic E-state index is 12.8. The molecule has 4 heteroatoms. The summed E-state index contributed by atoms with van der Waals surface area (Å²) in [5, 5.41) is 7.58. The molecule has 0 saturated heterocycles. The van der Waals surface area contributed by atoms with Gasteiger partial charge >= 0.3 is 0 Å². The molecule has 27 heavy (non-hydrogen) atoms. The Morgan fingerprint density at radius 2 is 1.63 bits per heavy atom.